The van der Waals surface area contributed by atoms with Gasteiger partial charge in [-0.3, -0.25) is 0 Å². The van der Waals surface area contributed by atoms with Crippen LogP contribution in [0.25, 0.3) is 0 Å². The van der Waals surface area contributed by atoms with Crippen LogP contribution in [0.2, 0.25) is 0 Å². The molecule has 1 unspecified atom stereocenters. The number of aryl methyl sites for hydroxylation is 1. The van der Waals surface area contributed by atoms with E-state index in [1.807, 2.05) is 13.1 Å². The van der Waals surface area contributed by atoms with Crippen LogP contribution < -0.4 is 10.1 Å². The molecule has 0 amide bonds. The Morgan fingerprint density at radius 1 is 1.10 bits per heavy atom. The molecule has 2 aromatic rings. The molecule has 2 nitrogen and oxygen atoms in total. The molecule has 0 spiro atoms. The molecule has 0 saturated heterocycles. The molecule has 2 rings (SSSR count). The van der Waals surface area contributed by atoms with E-state index < -0.39 is 0 Å². The third-order valence-electron chi connectivity index (χ3n) is 3.87. The second-order valence-corrected chi connectivity index (χ2v) is 5.62. The highest BCUT2D eigenvalue weighted by atomic mass is 16.5. The lowest BCUT2D eigenvalue weighted by Gasteiger charge is -2.13. The summed E-state index contributed by atoms with van der Waals surface area (Å²) in [6.45, 7) is 7.37. The molecule has 0 fully saturated rings. The predicted molar refractivity (Wildman–Crippen MR) is 89.2 cm³/mol. The second kappa shape index (κ2) is 7.28. The van der Waals surface area contributed by atoms with Crippen LogP contribution in [0, 0.1) is 6.92 Å². The molecule has 0 aliphatic heterocycles. The smallest absolute Gasteiger partial charge is 0.131 e. The van der Waals surface area contributed by atoms with Gasteiger partial charge in [0.1, 0.15) is 11.5 Å². The van der Waals surface area contributed by atoms with Gasteiger partial charge in [0, 0.05) is 12.1 Å². The monoisotopic (exact) mass is 283 g/mol. The van der Waals surface area contributed by atoms with E-state index in [9.17, 15) is 0 Å². The van der Waals surface area contributed by atoms with Crippen LogP contribution in [0.15, 0.2) is 42.5 Å². The van der Waals surface area contributed by atoms with Crippen LogP contribution in [-0.4, -0.2) is 7.05 Å². The molecule has 0 saturated carbocycles. The first kappa shape index (κ1) is 15.6. The number of rotatable bonds is 6. The summed E-state index contributed by atoms with van der Waals surface area (Å²) in [6.07, 6.45) is 1.16. The first-order chi connectivity index (χ1) is 10.1. The molecule has 0 aliphatic carbocycles. The largest absolute Gasteiger partial charge is 0.457 e. The van der Waals surface area contributed by atoms with Crippen LogP contribution in [0.3, 0.4) is 0 Å². The van der Waals surface area contributed by atoms with E-state index in [1.54, 1.807) is 0 Å². The van der Waals surface area contributed by atoms with Crippen molar-refractivity contribution in [1.82, 2.24) is 5.32 Å². The van der Waals surface area contributed by atoms with Gasteiger partial charge in [-0.1, -0.05) is 43.7 Å². The molecule has 0 aliphatic rings. The van der Waals surface area contributed by atoms with Gasteiger partial charge in [-0.25, -0.2) is 0 Å². The van der Waals surface area contributed by atoms with Crippen molar-refractivity contribution in [2.45, 2.75) is 39.7 Å². The van der Waals surface area contributed by atoms with E-state index in [0.29, 0.717) is 5.92 Å². The summed E-state index contributed by atoms with van der Waals surface area (Å²) in [6, 6.07) is 14.7. The Bertz CT molecular complexity index is 575. The molecule has 2 heteroatoms. The number of ether oxygens (including phenoxy) is 1. The van der Waals surface area contributed by atoms with Crippen molar-refractivity contribution in [3.05, 3.63) is 59.2 Å². The molecular formula is C19H25NO. The van der Waals surface area contributed by atoms with Gasteiger partial charge in [-0.15, -0.1) is 0 Å². The minimum atomic E-state index is 0.596. The topological polar surface area (TPSA) is 21.3 Å². The lowest BCUT2D eigenvalue weighted by molar-refractivity contribution is 0.473. The Labute approximate surface area is 128 Å². The zero-order valence-electron chi connectivity index (χ0n) is 13.4. The summed E-state index contributed by atoms with van der Waals surface area (Å²) in [4.78, 5) is 0. The maximum atomic E-state index is 6.05. The van der Waals surface area contributed by atoms with E-state index in [2.05, 4.69) is 62.5 Å². The third-order valence-corrected chi connectivity index (χ3v) is 3.87. The molecule has 0 heterocycles. The number of hydrogen-bond acceptors (Lipinski definition) is 2. The Morgan fingerprint density at radius 3 is 2.43 bits per heavy atom. The van der Waals surface area contributed by atoms with E-state index in [4.69, 9.17) is 4.74 Å². The average Bonchev–Trinajstić information content (AvgIpc) is 2.50. The maximum Gasteiger partial charge on any atom is 0.131 e. The average molecular weight is 283 g/mol. The van der Waals surface area contributed by atoms with Crippen molar-refractivity contribution in [1.29, 1.82) is 0 Å². The van der Waals surface area contributed by atoms with Gasteiger partial charge in [-0.2, -0.15) is 0 Å². The Morgan fingerprint density at radius 2 is 1.81 bits per heavy atom. The number of nitrogens with one attached hydrogen (secondary N) is 1. The Kier molecular flexibility index (Phi) is 5.40. The molecule has 0 bridgehead atoms. The van der Waals surface area contributed by atoms with Crippen LogP contribution in [0.4, 0.5) is 0 Å². The first-order valence-electron chi connectivity index (χ1n) is 7.66. The van der Waals surface area contributed by atoms with E-state index in [-0.39, 0.29) is 0 Å². The first-order valence-corrected chi connectivity index (χ1v) is 7.66. The molecule has 0 radical (unpaired) electrons. The quantitative estimate of drug-likeness (QED) is 0.803. The zero-order chi connectivity index (χ0) is 15.2. The third kappa shape index (κ3) is 4.08. The fourth-order valence-electron chi connectivity index (χ4n) is 2.36. The molecule has 21 heavy (non-hydrogen) atoms. The van der Waals surface area contributed by atoms with Crippen molar-refractivity contribution >= 4 is 0 Å². The standard InChI is InChI=1S/C19H25NO/c1-5-15(3)16-7-9-18(10-8-16)21-19-11-6-14(2)12-17(19)13-20-4/h6-12,15,20H,5,13H2,1-4H3. The van der Waals surface area contributed by atoms with Crippen molar-refractivity contribution < 1.29 is 4.74 Å². The van der Waals surface area contributed by atoms with Gasteiger partial charge in [0.2, 0.25) is 0 Å². The number of benzene rings is 2. The minimum Gasteiger partial charge on any atom is -0.457 e. The molecule has 1 N–H and O–H groups in total. The van der Waals surface area contributed by atoms with E-state index in [0.717, 1.165) is 24.5 Å². The normalized spacial score (nSPS) is 12.2. The fraction of sp³-hybridized carbons (Fsp3) is 0.368. The Balaban J connectivity index is 2.18. The van der Waals surface area contributed by atoms with Crippen molar-refractivity contribution in [2.24, 2.45) is 0 Å². The highest BCUT2D eigenvalue weighted by Crippen LogP contribution is 2.28. The zero-order valence-corrected chi connectivity index (χ0v) is 13.4. The van der Waals surface area contributed by atoms with Crippen molar-refractivity contribution in [3.63, 3.8) is 0 Å². The summed E-state index contributed by atoms with van der Waals surface area (Å²) in [5.74, 6) is 2.41. The van der Waals surface area contributed by atoms with Crippen LogP contribution in [-0.2, 0) is 6.54 Å². The van der Waals surface area contributed by atoms with Crippen molar-refractivity contribution in [3.8, 4) is 11.5 Å². The Hall–Kier alpha value is -1.80. The highest BCUT2D eigenvalue weighted by molar-refractivity contribution is 5.41. The SMILES string of the molecule is CCC(C)c1ccc(Oc2ccc(C)cc2CNC)cc1. The molecule has 112 valence electrons. The van der Waals surface area contributed by atoms with Gasteiger partial charge >= 0.3 is 0 Å². The number of hydrogen-bond donors (Lipinski definition) is 1. The summed E-state index contributed by atoms with van der Waals surface area (Å²) in [5.41, 5.74) is 3.80. The predicted octanol–water partition coefficient (Wildman–Crippen LogP) is 5.02. The summed E-state index contributed by atoms with van der Waals surface area (Å²) < 4.78 is 6.05. The van der Waals surface area contributed by atoms with Gasteiger partial charge in [0.05, 0.1) is 0 Å². The van der Waals surface area contributed by atoms with Gasteiger partial charge in [0.25, 0.3) is 0 Å². The molecule has 0 aromatic heterocycles. The second-order valence-electron chi connectivity index (χ2n) is 5.62. The van der Waals surface area contributed by atoms with E-state index in [1.165, 1.54) is 16.7 Å². The van der Waals surface area contributed by atoms with Gasteiger partial charge in [-0.05, 0) is 50.1 Å². The summed E-state index contributed by atoms with van der Waals surface area (Å²) in [5, 5.41) is 3.19. The van der Waals surface area contributed by atoms with Crippen LogP contribution in [0.1, 0.15) is 42.9 Å². The van der Waals surface area contributed by atoms with Crippen LogP contribution in [0.5, 0.6) is 11.5 Å². The molecule has 2 aromatic carbocycles. The van der Waals surface area contributed by atoms with Gasteiger partial charge in [0.15, 0.2) is 0 Å². The lowest BCUT2D eigenvalue weighted by Crippen LogP contribution is -2.06. The van der Waals surface area contributed by atoms with Crippen LogP contribution >= 0.6 is 0 Å². The highest BCUT2D eigenvalue weighted by Gasteiger charge is 2.06. The minimum absolute atomic E-state index is 0.596. The van der Waals surface area contributed by atoms with Gasteiger partial charge < -0.3 is 10.1 Å². The molecular weight excluding hydrogens is 258 g/mol. The summed E-state index contributed by atoms with van der Waals surface area (Å²) in [7, 11) is 1.95. The summed E-state index contributed by atoms with van der Waals surface area (Å²) >= 11 is 0. The van der Waals surface area contributed by atoms with E-state index >= 15 is 0 Å². The maximum absolute atomic E-state index is 6.05. The lowest BCUT2D eigenvalue weighted by atomic mass is 9.99. The molecule has 1 atom stereocenters. The van der Waals surface area contributed by atoms with Crippen molar-refractivity contribution in [2.75, 3.05) is 7.05 Å². The fourth-order valence-corrected chi connectivity index (χ4v) is 2.36.